The van der Waals surface area contributed by atoms with Gasteiger partial charge < -0.3 is 5.73 Å². The van der Waals surface area contributed by atoms with E-state index in [2.05, 4.69) is 4.98 Å². The molecule has 0 aliphatic heterocycles. The summed E-state index contributed by atoms with van der Waals surface area (Å²) in [6.07, 6.45) is 2.95. The molecule has 0 spiro atoms. The summed E-state index contributed by atoms with van der Waals surface area (Å²) in [7, 11) is 0. The fourth-order valence-corrected chi connectivity index (χ4v) is 1.57. The Morgan fingerprint density at radius 1 is 1.22 bits per heavy atom. The van der Waals surface area contributed by atoms with Crippen LogP contribution in [0.1, 0.15) is 15.9 Å². The van der Waals surface area contributed by atoms with Crippen LogP contribution >= 0.6 is 0 Å². The van der Waals surface area contributed by atoms with Crippen molar-refractivity contribution in [3.8, 4) is 0 Å². The van der Waals surface area contributed by atoms with Gasteiger partial charge in [0.05, 0.1) is 10.5 Å². The summed E-state index contributed by atoms with van der Waals surface area (Å²) < 4.78 is 0. The Labute approximate surface area is 102 Å². The van der Waals surface area contributed by atoms with Gasteiger partial charge in [0.1, 0.15) is 5.69 Å². The summed E-state index contributed by atoms with van der Waals surface area (Å²) in [5, 5.41) is 10.7. The first kappa shape index (κ1) is 11.7. The number of nitro benzene ring substituents is 1. The van der Waals surface area contributed by atoms with Crippen LogP contribution in [-0.4, -0.2) is 15.7 Å². The third-order valence-corrected chi connectivity index (χ3v) is 2.47. The first-order valence-electron chi connectivity index (χ1n) is 5.09. The normalized spacial score (nSPS) is 10.0. The molecule has 0 radical (unpaired) electrons. The molecule has 0 aliphatic rings. The highest BCUT2D eigenvalue weighted by molar-refractivity contribution is 6.12. The van der Waals surface area contributed by atoms with E-state index >= 15 is 0 Å². The van der Waals surface area contributed by atoms with Gasteiger partial charge in [-0.2, -0.15) is 0 Å². The van der Waals surface area contributed by atoms with Crippen molar-refractivity contribution in [2.45, 2.75) is 0 Å². The quantitative estimate of drug-likeness (QED) is 0.383. The molecule has 0 amide bonds. The topological polar surface area (TPSA) is 99.1 Å². The highest BCUT2D eigenvalue weighted by atomic mass is 16.6. The lowest BCUT2D eigenvalue weighted by molar-refractivity contribution is -0.383. The van der Waals surface area contributed by atoms with Crippen LogP contribution in [-0.2, 0) is 0 Å². The molecule has 0 fully saturated rings. The second-order valence-corrected chi connectivity index (χ2v) is 3.56. The Hall–Kier alpha value is -2.76. The van der Waals surface area contributed by atoms with E-state index < -0.39 is 4.92 Å². The highest BCUT2D eigenvalue weighted by Gasteiger charge is 2.19. The van der Waals surface area contributed by atoms with Gasteiger partial charge in [0.2, 0.25) is 0 Å². The lowest BCUT2D eigenvalue weighted by Crippen LogP contribution is -2.07. The average molecular weight is 243 g/mol. The molecule has 1 aromatic heterocycles. The van der Waals surface area contributed by atoms with Crippen LogP contribution in [0.15, 0.2) is 42.7 Å². The number of hydrogen-bond acceptors (Lipinski definition) is 5. The summed E-state index contributed by atoms with van der Waals surface area (Å²) in [5.74, 6) is -0.362. The third-order valence-electron chi connectivity index (χ3n) is 2.47. The van der Waals surface area contributed by atoms with Crippen molar-refractivity contribution < 1.29 is 9.72 Å². The standard InChI is InChI=1S/C12H9N3O3/c13-11-9(2-1-3-10(11)15(17)18)12(16)8-4-6-14-7-5-8/h1-7H,13H2. The number of nitrogens with zero attached hydrogens (tertiary/aromatic N) is 2. The number of nitrogens with two attached hydrogens (primary N) is 1. The SMILES string of the molecule is Nc1c(C(=O)c2ccncc2)cccc1[N+](=O)[O-]. The molecule has 0 atom stereocenters. The predicted octanol–water partition coefficient (Wildman–Crippen LogP) is 1.80. The minimum Gasteiger partial charge on any atom is -0.393 e. The van der Waals surface area contributed by atoms with Crippen LogP contribution in [0.4, 0.5) is 11.4 Å². The zero-order chi connectivity index (χ0) is 13.1. The monoisotopic (exact) mass is 243 g/mol. The molecule has 0 saturated heterocycles. The molecule has 1 aromatic carbocycles. The summed E-state index contributed by atoms with van der Waals surface area (Å²) in [4.78, 5) is 26.0. The first-order valence-corrected chi connectivity index (χ1v) is 5.09. The van der Waals surface area contributed by atoms with Crippen molar-refractivity contribution in [3.63, 3.8) is 0 Å². The number of nitro groups is 1. The Balaban J connectivity index is 2.50. The summed E-state index contributed by atoms with van der Waals surface area (Å²) in [5.41, 5.74) is 5.76. The molecule has 90 valence electrons. The van der Waals surface area contributed by atoms with Gasteiger partial charge in [-0.15, -0.1) is 0 Å². The molecule has 0 saturated carbocycles. The fourth-order valence-electron chi connectivity index (χ4n) is 1.57. The molecule has 1 heterocycles. The van der Waals surface area contributed by atoms with Crippen LogP contribution in [0.3, 0.4) is 0 Å². The number of para-hydroxylation sites is 1. The van der Waals surface area contributed by atoms with E-state index in [0.717, 1.165) is 0 Å². The zero-order valence-corrected chi connectivity index (χ0v) is 9.24. The number of carbonyl (C=O) groups excluding carboxylic acids is 1. The van der Waals surface area contributed by atoms with Crippen LogP contribution in [0.5, 0.6) is 0 Å². The van der Waals surface area contributed by atoms with Gasteiger partial charge in [0, 0.05) is 24.0 Å². The maximum absolute atomic E-state index is 12.1. The smallest absolute Gasteiger partial charge is 0.292 e. The molecular formula is C12H9N3O3. The van der Waals surface area contributed by atoms with Crippen molar-refractivity contribution in [1.82, 2.24) is 4.98 Å². The van der Waals surface area contributed by atoms with Crippen LogP contribution in [0.2, 0.25) is 0 Å². The van der Waals surface area contributed by atoms with Crippen molar-refractivity contribution in [2.24, 2.45) is 0 Å². The van der Waals surface area contributed by atoms with Crippen molar-refractivity contribution in [1.29, 1.82) is 0 Å². The number of ketones is 1. The second-order valence-electron chi connectivity index (χ2n) is 3.56. The van der Waals surface area contributed by atoms with Gasteiger partial charge in [0.25, 0.3) is 5.69 Å². The molecule has 2 rings (SSSR count). The van der Waals surface area contributed by atoms with Gasteiger partial charge in [-0.3, -0.25) is 19.9 Å². The number of carbonyl (C=O) groups is 1. The molecule has 6 nitrogen and oxygen atoms in total. The van der Waals surface area contributed by atoms with Gasteiger partial charge >= 0.3 is 0 Å². The second kappa shape index (κ2) is 4.62. The maximum Gasteiger partial charge on any atom is 0.292 e. The number of rotatable bonds is 3. The molecule has 6 heteroatoms. The van der Waals surface area contributed by atoms with E-state index in [9.17, 15) is 14.9 Å². The average Bonchev–Trinajstić information content (AvgIpc) is 2.39. The Kier molecular flexibility index (Phi) is 3.01. The molecule has 0 aliphatic carbocycles. The van der Waals surface area contributed by atoms with Crippen LogP contribution in [0.25, 0.3) is 0 Å². The maximum atomic E-state index is 12.1. The minimum atomic E-state index is -0.612. The van der Waals surface area contributed by atoms with Gasteiger partial charge in [-0.1, -0.05) is 6.07 Å². The van der Waals surface area contributed by atoms with Crippen LogP contribution < -0.4 is 5.73 Å². The number of pyridine rings is 1. The van der Waals surface area contributed by atoms with Crippen molar-refractivity contribution >= 4 is 17.2 Å². The molecular weight excluding hydrogens is 234 g/mol. The molecule has 2 aromatic rings. The largest absolute Gasteiger partial charge is 0.393 e. The number of benzene rings is 1. The van der Waals surface area contributed by atoms with E-state index in [1.807, 2.05) is 0 Å². The first-order chi connectivity index (χ1) is 8.61. The van der Waals surface area contributed by atoms with Crippen molar-refractivity contribution in [2.75, 3.05) is 5.73 Å². The lowest BCUT2D eigenvalue weighted by Gasteiger charge is -2.04. The number of anilines is 1. The summed E-state index contributed by atoms with van der Waals surface area (Å²) in [6.45, 7) is 0. The predicted molar refractivity (Wildman–Crippen MR) is 65.2 cm³/mol. The molecule has 2 N–H and O–H groups in total. The fraction of sp³-hybridized carbons (Fsp3) is 0. The zero-order valence-electron chi connectivity index (χ0n) is 9.24. The third kappa shape index (κ3) is 2.03. The van der Waals surface area contributed by atoms with E-state index in [1.54, 1.807) is 0 Å². The summed E-state index contributed by atoms with van der Waals surface area (Å²) in [6, 6.07) is 7.22. The molecule has 18 heavy (non-hydrogen) atoms. The Morgan fingerprint density at radius 2 is 1.89 bits per heavy atom. The van der Waals surface area contributed by atoms with Crippen LogP contribution in [0, 0.1) is 10.1 Å². The van der Waals surface area contributed by atoms with E-state index in [4.69, 9.17) is 5.73 Å². The molecule has 0 unspecified atom stereocenters. The Bertz CT molecular complexity index is 611. The number of hydrogen-bond donors (Lipinski definition) is 1. The minimum absolute atomic E-state index is 0.121. The van der Waals surface area contributed by atoms with E-state index in [0.29, 0.717) is 5.56 Å². The van der Waals surface area contributed by atoms with E-state index in [-0.39, 0.29) is 22.7 Å². The van der Waals surface area contributed by atoms with Gasteiger partial charge in [-0.25, -0.2) is 0 Å². The lowest BCUT2D eigenvalue weighted by atomic mass is 10.0. The molecule has 0 bridgehead atoms. The Morgan fingerprint density at radius 3 is 2.50 bits per heavy atom. The number of nitrogen functional groups attached to an aromatic ring is 1. The van der Waals surface area contributed by atoms with Gasteiger partial charge in [0.15, 0.2) is 5.78 Å². The summed E-state index contributed by atoms with van der Waals surface area (Å²) >= 11 is 0. The number of aromatic nitrogens is 1. The van der Waals surface area contributed by atoms with E-state index in [1.165, 1.54) is 42.7 Å². The van der Waals surface area contributed by atoms with Gasteiger partial charge in [-0.05, 0) is 18.2 Å². The highest BCUT2D eigenvalue weighted by Crippen LogP contribution is 2.26. The van der Waals surface area contributed by atoms with Crippen molar-refractivity contribution in [3.05, 3.63) is 64.0 Å².